The largest absolute Gasteiger partial charge is 0.456 e. The standard InChI is InChI=1S/C35H21N3O.C35H29NO.C29H13F5N2O/c1-5-13-28-23(9-1)24-10-2-6-14-29(24)37(28)22-17-18-33-27(21-22)34-35(39-33)32(19-20-36-34)38-30-15-7-3-11-25(30)26-12-4-8-16-31(26)38;1-22-9-17-33-29(19-22)30-21-24(11-18-34(30)37-33)23-10-16-32-28(20-23)27-7-5-6-8-31(27)36(32)26-14-12-25(13-15-26)35(2,3)4;30-23-22(24(31)26(33)27(34)25(23)32)14-9-10-21-17(13-14)28-29(37-21)20(11-12-35-28)36-18-7-3-1-5-15(18)16-6-2-4-8-19(16)36/h1-21H;5-21H,1-4H3;1-13H. The number of para-hydroxylation sites is 7. The molecule has 0 unspecified atom stereocenters. The van der Waals surface area contributed by atoms with Crippen LogP contribution in [0.3, 0.4) is 0 Å². The maximum absolute atomic E-state index is 14.5. The van der Waals surface area contributed by atoms with Crippen LogP contribution in [-0.4, -0.2) is 28.2 Å². The van der Waals surface area contributed by atoms with Crippen LogP contribution in [0.1, 0.15) is 31.9 Å². The summed E-state index contributed by atoms with van der Waals surface area (Å²) in [5, 5.41) is 13.3. The SMILES string of the molecule is Cc1ccc2oc3ccc(-c4ccc5c(c4)c4ccccc4n5-c4ccc(C(C)(C)C)cc4)cc3c2c1.Fc1c(F)c(F)c(-c2ccc3oc4c(-n5c6ccccc6c6ccccc65)ccnc4c3c2)c(F)c1F.c1ccc2c(c1)c1ccccc1n2-c1ccc2oc3c(-n4c5ccccc5c5ccccc54)ccnc3c2c1. The topological polar surface area (TPSA) is 84.9 Å². The van der Waals surface area contributed by atoms with E-state index in [0.717, 1.165) is 82.8 Å². The van der Waals surface area contributed by atoms with Gasteiger partial charge in [-0.1, -0.05) is 190 Å². The summed E-state index contributed by atoms with van der Waals surface area (Å²) in [7, 11) is 0. The van der Waals surface area contributed by atoms with Crippen molar-refractivity contribution in [3.8, 4) is 45.0 Å². The Hall–Kier alpha value is -14.4. The van der Waals surface area contributed by atoms with Gasteiger partial charge in [-0.15, -0.1) is 0 Å². The van der Waals surface area contributed by atoms with Crippen molar-refractivity contribution in [2.45, 2.75) is 33.1 Å². The highest BCUT2D eigenvalue weighted by Crippen LogP contribution is 2.45. The molecule has 0 bridgehead atoms. The first-order valence-corrected chi connectivity index (χ1v) is 37.4. The summed E-state index contributed by atoms with van der Waals surface area (Å²) < 4.78 is 98.2. The van der Waals surface area contributed by atoms with Crippen LogP contribution < -0.4 is 0 Å². The van der Waals surface area contributed by atoms with E-state index in [1.54, 1.807) is 12.3 Å². The molecule has 0 amide bonds. The lowest BCUT2D eigenvalue weighted by molar-refractivity contribution is 0.381. The van der Waals surface area contributed by atoms with Gasteiger partial charge >= 0.3 is 0 Å². The highest BCUT2D eigenvalue weighted by atomic mass is 19.2. The molecule has 0 aliphatic carbocycles. The minimum absolute atomic E-state index is 0.133. The van der Waals surface area contributed by atoms with Gasteiger partial charge < -0.3 is 31.5 Å². The second-order valence-electron chi connectivity index (χ2n) is 29.9. The molecular weight excluding hydrogens is 1420 g/mol. The fourth-order valence-corrected chi connectivity index (χ4v) is 17.0. The van der Waals surface area contributed by atoms with Crippen molar-refractivity contribution in [1.82, 2.24) is 28.2 Å². The molecule has 0 N–H and O–H groups in total. The molecule has 0 aliphatic rings. The van der Waals surface area contributed by atoms with E-state index < -0.39 is 34.6 Å². The number of nitrogens with zero attached hydrogens (tertiary/aromatic N) is 6. The number of fused-ring (bicyclic) bond motifs is 21. The first kappa shape index (κ1) is 66.8. The Balaban J connectivity index is 0.000000107. The molecule has 14 heteroatoms. The maximum Gasteiger partial charge on any atom is 0.200 e. The number of aryl methyl sites for hydroxylation is 1. The Kier molecular flexibility index (Phi) is 15.1. The number of hydrogen-bond donors (Lipinski definition) is 0. The molecule has 0 atom stereocenters. The zero-order chi connectivity index (χ0) is 76.2. The summed E-state index contributed by atoms with van der Waals surface area (Å²) in [6.07, 6.45) is 3.48. The fraction of sp³-hybridized carbons (Fsp3) is 0.0505. The zero-order valence-corrected chi connectivity index (χ0v) is 61.2. The molecule has 23 rings (SSSR count). The number of hydrogen-bond acceptors (Lipinski definition) is 5. The third kappa shape index (κ3) is 10.5. The van der Waals surface area contributed by atoms with Gasteiger partial charge in [0.25, 0.3) is 0 Å². The molecule has 14 aromatic carbocycles. The van der Waals surface area contributed by atoms with Crippen LogP contribution in [0.4, 0.5) is 22.0 Å². The van der Waals surface area contributed by atoms with Crippen LogP contribution in [0.2, 0.25) is 0 Å². The average Bonchev–Trinajstić information content (AvgIpc) is 1.57. The molecule has 0 fully saturated rings. The van der Waals surface area contributed by atoms with Gasteiger partial charge in [0.05, 0.1) is 61.1 Å². The normalized spacial score (nSPS) is 12.1. The van der Waals surface area contributed by atoms with Gasteiger partial charge in [-0.05, 0) is 168 Å². The Morgan fingerprint density at radius 2 is 0.611 bits per heavy atom. The summed E-state index contributed by atoms with van der Waals surface area (Å²) in [6.45, 7) is 8.90. The van der Waals surface area contributed by atoms with E-state index in [1.165, 1.54) is 106 Å². The van der Waals surface area contributed by atoms with Crippen molar-refractivity contribution in [2.24, 2.45) is 0 Å². The number of aromatic nitrogens is 6. The number of benzene rings is 14. The molecule has 0 saturated carbocycles. The van der Waals surface area contributed by atoms with E-state index in [9.17, 15) is 22.0 Å². The van der Waals surface area contributed by atoms with E-state index in [-0.39, 0.29) is 11.0 Å². The molecule has 0 radical (unpaired) electrons. The highest BCUT2D eigenvalue weighted by molar-refractivity contribution is 6.16. The lowest BCUT2D eigenvalue weighted by Crippen LogP contribution is -2.10. The molecule has 542 valence electrons. The van der Waals surface area contributed by atoms with E-state index >= 15 is 0 Å². The fourth-order valence-electron chi connectivity index (χ4n) is 17.0. The molecule has 9 aromatic heterocycles. The van der Waals surface area contributed by atoms with Crippen LogP contribution in [0, 0.1) is 36.0 Å². The second kappa shape index (κ2) is 25.6. The minimum atomic E-state index is -2.20. The predicted octanol–water partition coefficient (Wildman–Crippen LogP) is 27.6. The number of furan rings is 3. The molecule has 9 nitrogen and oxygen atoms in total. The lowest BCUT2D eigenvalue weighted by atomic mass is 9.87. The van der Waals surface area contributed by atoms with Crippen LogP contribution >= 0.6 is 0 Å². The number of rotatable bonds is 6. The molecule has 113 heavy (non-hydrogen) atoms. The van der Waals surface area contributed by atoms with Gasteiger partial charge in [0, 0.05) is 88.4 Å². The third-order valence-corrected chi connectivity index (χ3v) is 22.2. The monoisotopic (exact) mass is 1480 g/mol. The van der Waals surface area contributed by atoms with Gasteiger partial charge in [-0.25, -0.2) is 22.0 Å². The van der Waals surface area contributed by atoms with Gasteiger partial charge in [0.15, 0.2) is 34.4 Å². The zero-order valence-electron chi connectivity index (χ0n) is 61.2. The van der Waals surface area contributed by atoms with Crippen LogP contribution in [-0.2, 0) is 5.41 Å². The first-order chi connectivity index (χ1) is 55.2. The average molecular weight is 1480 g/mol. The van der Waals surface area contributed by atoms with Crippen LogP contribution in [0.5, 0.6) is 0 Å². The van der Waals surface area contributed by atoms with E-state index in [0.29, 0.717) is 27.8 Å². The van der Waals surface area contributed by atoms with Gasteiger partial charge in [0.1, 0.15) is 33.4 Å². The van der Waals surface area contributed by atoms with E-state index in [1.807, 2.05) is 59.3 Å². The Morgan fingerprint density at radius 3 is 1.08 bits per heavy atom. The third-order valence-electron chi connectivity index (χ3n) is 22.2. The van der Waals surface area contributed by atoms with Gasteiger partial charge in [-0.2, -0.15) is 0 Å². The molecular formula is C99H63F5N6O3. The van der Waals surface area contributed by atoms with Crippen LogP contribution in [0.25, 0.3) is 198 Å². The van der Waals surface area contributed by atoms with Crippen molar-refractivity contribution < 1.29 is 35.2 Å². The lowest BCUT2D eigenvalue weighted by Gasteiger charge is -2.19. The Morgan fingerprint density at radius 1 is 0.274 bits per heavy atom. The molecule has 0 saturated heterocycles. The summed E-state index contributed by atoms with van der Waals surface area (Å²) >= 11 is 0. The summed E-state index contributed by atoms with van der Waals surface area (Å²) in [5.41, 5.74) is 22.4. The van der Waals surface area contributed by atoms with Crippen molar-refractivity contribution in [1.29, 1.82) is 0 Å². The van der Waals surface area contributed by atoms with Gasteiger partial charge in [0.2, 0.25) is 5.82 Å². The summed E-state index contributed by atoms with van der Waals surface area (Å²) in [4.78, 5) is 9.26. The highest BCUT2D eigenvalue weighted by Gasteiger charge is 2.29. The summed E-state index contributed by atoms with van der Waals surface area (Å²) in [6, 6.07) is 102. The van der Waals surface area contributed by atoms with Crippen molar-refractivity contribution >= 4 is 153 Å². The van der Waals surface area contributed by atoms with E-state index in [4.69, 9.17) is 18.2 Å². The molecule has 9 heterocycles. The number of halogens is 5. The van der Waals surface area contributed by atoms with Crippen molar-refractivity contribution in [3.05, 3.63) is 350 Å². The molecule has 23 aromatic rings. The summed E-state index contributed by atoms with van der Waals surface area (Å²) in [5.74, 6) is -10.0. The minimum Gasteiger partial charge on any atom is -0.456 e. The smallest absolute Gasteiger partial charge is 0.200 e. The molecule has 0 aliphatic heterocycles. The maximum atomic E-state index is 14.5. The van der Waals surface area contributed by atoms with Crippen molar-refractivity contribution in [3.63, 3.8) is 0 Å². The number of pyridine rings is 2. The second-order valence-corrected chi connectivity index (χ2v) is 29.9. The molecule has 0 spiro atoms. The predicted molar refractivity (Wildman–Crippen MR) is 448 cm³/mol. The Bertz CT molecular complexity index is 7710. The van der Waals surface area contributed by atoms with E-state index in [2.05, 4.69) is 271 Å². The Labute approximate surface area is 641 Å². The van der Waals surface area contributed by atoms with Crippen LogP contribution in [0.15, 0.2) is 323 Å². The van der Waals surface area contributed by atoms with Gasteiger partial charge in [-0.3, -0.25) is 9.97 Å². The first-order valence-electron chi connectivity index (χ1n) is 37.4. The van der Waals surface area contributed by atoms with Crippen molar-refractivity contribution in [2.75, 3.05) is 0 Å². The quantitative estimate of drug-likeness (QED) is 0.0941.